The van der Waals surface area contributed by atoms with Crippen molar-refractivity contribution in [3.63, 3.8) is 0 Å². The number of nitrogens with one attached hydrogen (secondary N) is 1. The van der Waals surface area contributed by atoms with E-state index in [0.29, 0.717) is 12.1 Å². The van der Waals surface area contributed by atoms with Crippen molar-refractivity contribution in [1.29, 1.82) is 0 Å². The van der Waals surface area contributed by atoms with Gasteiger partial charge < -0.3 is 5.32 Å². The molecule has 2 aromatic heterocycles. The van der Waals surface area contributed by atoms with E-state index in [2.05, 4.69) is 42.3 Å². The van der Waals surface area contributed by atoms with Crippen LogP contribution in [0.15, 0.2) is 64.0 Å². The van der Waals surface area contributed by atoms with Crippen molar-refractivity contribution in [2.45, 2.75) is 30.3 Å². The Bertz CT molecular complexity index is 844. The number of nitrogens with zero attached hydrogens (tertiary/aromatic N) is 1. The van der Waals surface area contributed by atoms with E-state index in [1.807, 2.05) is 23.6 Å². The highest BCUT2D eigenvalue weighted by atomic mass is 32.2. The van der Waals surface area contributed by atoms with Crippen LogP contribution in [-0.2, 0) is 6.54 Å². The van der Waals surface area contributed by atoms with Gasteiger partial charge >= 0.3 is 0 Å². The van der Waals surface area contributed by atoms with Crippen LogP contribution in [-0.4, -0.2) is 10.9 Å². The molecule has 0 unspecified atom stereocenters. The zero-order chi connectivity index (χ0) is 16.9. The SMILES string of the molecule is Cc1ccc(C)c(Sc2ncccc2C(=O)NCc2cccs2)c1. The molecular formula is C19H18N2OS2. The Kier molecular flexibility index (Phi) is 5.33. The van der Waals surface area contributed by atoms with Gasteiger partial charge in [-0.25, -0.2) is 4.98 Å². The topological polar surface area (TPSA) is 42.0 Å². The molecule has 0 spiro atoms. The van der Waals surface area contributed by atoms with Crippen LogP contribution in [0.25, 0.3) is 0 Å². The van der Waals surface area contributed by atoms with Crippen molar-refractivity contribution in [2.24, 2.45) is 0 Å². The Balaban J connectivity index is 1.79. The molecule has 0 radical (unpaired) electrons. The predicted molar refractivity (Wildman–Crippen MR) is 99.8 cm³/mol. The number of carbonyl (C=O) groups is 1. The average Bonchev–Trinajstić information content (AvgIpc) is 3.10. The number of carbonyl (C=O) groups excluding carboxylic acids is 1. The third kappa shape index (κ3) is 4.04. The van der Waals surface area contributed by atoms with E-state index >= 15 is 0 Å². The Morgan fingerprint density at radius 2 is 2.08 bits per heavy atom. The Morgan fingerprint density at radius 1 is 1.21 bits per heavy atom. The molecule has 1 aromatic carbocycles. The highest BCUT2D eigenvalue weighted by Crippen LogP contribution is 2.31. The Hall–Kier alpha value is -2.11. The second kappa shape index (κ2) is 7.64. The predicted octanol–water partition coefficient (Wildman–Crippen LogP) is 4.84. The normalized spacial score (nSPS) is 10.6. The molecule has 0 bridgehead atoms. The standard InChI is InChI=1S/C19H18N2OS2/c1-13-7-8-14(2)17(11-13)24-19-16(6-3-9-20-19)18(22)21-12-15-5-4-10-23-15/h3-11H,12H2,1-2H3,(H,21,22). The molecule has 0 aliphatic carbocycles. The largest absolute Gasteiger partial charge is 0.347 e. The van der Waals surface area contributed by atoms with Crippen LogP contribution in [0.2, 0.25) is 0 Å². The van der Waals surface area contributed by atoms with Crippen LogP contribution in [0, 0.1) is 13.8 Å². The summed E-state index contributed by atoms with van der Waals surface area (Å²) in [6.45, 7) is 4.68. The van der Waals surface area contributed by atoms with Gasteiger partial charge in [0.05, 0.1) is 12.1 Å². The molecule has 0 aliphatic heterocycles. The molecule has 3 nitrogen and oxygen atoms in total. The van der Waals surface area contributed by atoms with Gasteiger partial charge in [-0.3, -0.25) is 4.79 Å². The fourth-order valence-electron chi connectivity index (χ4n) is 2.24. The van der Waals surface area contributed by atoms with Crippen molar-refractivity contribution in [3.05, 3.63) is 75.6 Å². The lowest BCUT2D eigenvalue weighted by Crippen LogP contribution is -2.23. The fraction of sp³-hybridized carbons (Fsp3) is 0.158. The lowest BCUT2D eigenvalue weighted by atomic mass is 10.2. The van der Waals surface area contributed by atoms with Gasteiger partial charge in [0.2, 0.25) is 0 Å². The van der Waals surface area contributed by atoms with Gasteiger partial charge in [0, 0.05) is 16.0 Å². The monoisotopic (exact) mass is 354 g/mol. The number of hydrogen-bond acceptors (Lipinski definition) is 4. The van der Waals surface area contributed by atoms with Crippen LogP contribution < -0.4 is 5.32 Å². The fourth-order valence-corrected chi connectivity index (χ4v) is 3.95. The molecule has 1 N–H and O–H groups in total. The van der Waals surface area contributed by atoms with Crippen LogP contribution in [0.3, 0.4) is 0 Å². The van der Waals surface area contributed by atoms with E-state index < -0.39 is 0 Å². The van der Waals surface area contributed by atoms with Crippen molar-refractivity contribution >= 4 is 29.0 Å². The maximum absolute atomic E-state index is 12.5. The van der Waals surface area contributed by atoms with Crippen molar-refractivity contribution in [3.8, 4) is 0 Å². The minimum Gasteiger partial charge on any atom is -0.347 e. The first-order valence-corrected chi connectivity index (χ1v) is 9.34. The molecule has 0 fully saturated rings. The number of aromatic nitrogens is 1. The van der Waals surface area contributed by atoms with Gasteiger partial charge in [0.1, 0.15) is 5.03 Å². The van der Waals surface area contributed by atoms with Crippen molar-refractivity contribution in [2.75, 3.05) is 0 Å². The van der Waals surface area contributed by atoms with Crippen LogP contribution in [0.4, 0.5) is 0 Å². The number of aryl methyl sites for hydroxylation is 2. The number of pyridine rings is 1. The van der Waals surface area contributed by atoms with E-state index in [9.17, 15) is 4.79 Å². The van der Waals surface area contributed by atoms with Gasteiger partial charge in [-0.1, -0.05) is 30.0 Å². The summed E-state index contributed by atoms with van der Waals surface area (Å²) in [6, 6.07) is 13.9. The molecule has 24 heavy (non-hydrogen) atoms. The number of hydrogen-bond donors (Lipinski definition) is 1. The molecule has 2 heterocycles. The van der Waals surface area contributed by atoms with E-state index in [0.717, 1.165) is 14.8 Å². The molecule has 5 heteroatoms. The number of benzene rings is 1. The van der Waals surface area contributed by atoms with Gasteiger partial charge in [-0.05, 0) is 54.6 Å². The van der Waals surface area contributed by atoms with Crippen molar-refractivity contribution < 1.29 is 4.79 Å². The molecule has 0 saturated heterocycles. The summed E-state index contributed by atoms with van der Waals surface area (Å²) >= 11 is 3.17. The molecule has 0 saturated carbocycles. The van der Waals surface area contributed by atoms with E-state index in [-0.39, 0.29) is 5.91 Å². The summed E-state index contributed by atoms with van der Waals surface area (Å²) in [5, 5.41) is 5.71. The molecule has 0 aliphatic rings. The minimum absolute atomic E-state index is 0.0932. The third-order valence-electron chi connectivity index (χ3n) is 3.57. The van der Waals surface area contributed by atoms with Gasteiger partial charge in [-0.15, -0.1) is 11.3 Å². The van der Waals surface area contributed by atoms with Crippen LogP contribution in [0.5, 0.6) is 0 Å². The number of thiophene rings is 1. The van der Waals surface area contributed by atoms with Gasteiger partial charge in [-0.2, -0.15) is 0 Å². The van der Waals surface area contributed by atoms with E-state index in [4.69, 9.17) is 0 Å². The molecule has 0 atom stereocenters. The summed E-state index contributed by atoms with van der Waals surface area (Å²) in [5.41, 5.74) is 2.99. The highest BCUT2D eigenvalue weighted by Gasteiger charge is 2.14. The Morgan fingerprint density at radius 3 is 2.88 bits per heavy atom. The zero-order valence-electron chi connectivity index (χ0n) is 13.6. The van der Waals surface area contributed by atoms with E-state index in [1.54, 1.807) is 23.6 Å². The van der Waals surface area contributed by atoms with E-state index in [1.165, 1.54) is 22.9 Å². The molecular weight excluding hydrogens is 336 g/mol. The summed E-state index contributed by atoms with van der Waals surface area (Å²) in [4.78, 5) is 19.2. The molecule has 3 aromatic rings. The quantitative estimate of drug-likeness (QED) is 0.713. The maximum Gasteiger partial charge on any atom is 0.254 e. The lowest BCUT2D eigenvalue weighted by molar-refractivity contribution is 0.0947. The first-order chi connectivity index (χ1) is 11.6. The van der Waals surface area contributed by atoms with Crippen molar-refractivity contribution in [1.82, 2.24) is 10.3 Å². The van der Waals surface area contributed by atoms with Gasteiger partial charge in [0.15, 0.2) is 0 Å². The molecule has 122 valence electrons. The minimum atomic E-state index is -0.0932. The summed E-state index contributed by atoms with van der Waals surface area (Å²) < 4.78 is 0. The third-order valence-corrected chi connectivity index (χ3v) is 5.62. The lowest BCUT2D eigenvalue weighted by Gasteiger charge is -2.10. The number of amides is 1. The summed E-state index contributed by atoms with van der Waals surface area (Å²) in [5.74, 6) is -0.0932. The smallest absolute Gasteiger partial charge is 0.254 e. The van der Waals surface area contributed by atoms with Crippen LogP contribution in [0.1, 0.15) is 26.4 Å². The summed E-state index contributed by atoms with van der Waals surface area (Å²) in [7, 11) is 0. The maximum atomic E-state index is 12.5. The second-order valence-corrected chi connectivity index (χ2v) is 7.55. The number of rotatable bonds is 5. The second-order valence-electron chi connectivity index (χ2n) is 5.49. The zero-order valence-corrected chi connectivity index (χ0v) is 15.2. The van der Waals surface area contributed by atoms with Crippen LogP contribution >= 0.6 is 23.1 Å². The summed E-state index contributed by atoms with van der Waals surface area (Å²) in [6.07, 6.45) is 1.73. The molecule has 1 amide bonds. The first-order valence-electron chi connectivity index (χ1n) is 7.64. The first kappa shape index (κ1) is 16.7. The highest BCUT2D eigenvalue weighted by molar-refractivity contribution is 7.99. The average molecular weight is 355 g/mol. The molecule has 3 rings (SSSR count). The van der Waals surface area contributed by atoms with Gasteiger partial charge in [0.25, 0.3) is 5.91 Å². The Labute approximate surface area is 150 Å².